The monoisotopic (exact) mass is 314 g/mol. The highest BCUT2D eigenvalue weighted by molar-refractivity contribution is 5.98. The lowest BCUT2D eigenvalue weighted by Crippen LogP contribution is -2.33. The van der Waals surface area contributed by atoms with Crippen molar-refractivity contribution in [2.45, 2.75) is 0 Å². The lowest BCUT2D eigenvalue weighted by molar-refractivity contribution is -0.115. The van der Waals surface area contributed by atoms with Gasteiger partial charge in [-0.15, -0.1) is 0 Å². The first-order valence-electron chi connectivity index (χ1n) is 6.62. The van der Waals surface area contributed by atoms with Gasteiger partial charge < -0.3 is 15.4 Å². The van der Waals surface area contributed by atoms with Crippen LogP contribution in [0.4, 0.5) is 5.69 Å². The standard InChI is InChI=1S/C15H14N4O4/c1-23-15(22)10-2-4-11(5-3-10)19-13(20)9-18-14(21)12-8-16-6-7-17-12/h2-8H,9H2,1H3,(H,18,21)(H,19,20). The molecule has 0 spiro atoms. The van der Waals surface area contributed by atoms with Gasteiger partial charge in [0.15, 0.2) is 0 Å². The highest BCUT2D eigenvalue weighted by atomic mass is 16.5. The molecule has 0 bridgehead atoms. The Morgan fingerprint density at radius 2 is 1.87 bits per heavy atom. The van der Waals surface area contributed by atoms with E-state index >= 15 is 0 Å². The quantitative estimate of drug-likeness (QED) is 0.783. The van der Waals surface area contributed by atoms with Gasteiger partial charge in [-0.05, 0) is 24.3 Å². The average molecular weight is 314 g/mol. The van der Waals surface area contributed by atoms with E-state index in [4.69, 9.17) is 0 Å². The summed E-state index contributed by atoms with van der Waals surface area (Å²) in [6, 6.07) is 6.18. The van der Waals surface area contributed by atoms with E-state index in [2.05, 4.69) is 25.3 Å². The van der Waals surface area contributed by atoms with Crippen molar-refractivity contribution in [3.8, 4) is 0 Å². The Labute approximate surface area is 131 Å². The summed E-state index contributed by atoms with van der Waals surface area (Å²) in [7, 11) is 1.29. The van der Waals surface area contributed by atoms with Gasteiger partial charge in [0.2, 0.25) is 5.91 Å². The van der Waals surface area contributed by atoms with Gasteiger partial charge in [-0.3, -0.25) is 14.6 Å². The molecule has 23 heavy (non-hydrogen) atoms. The van der Waals surface area contributed by atoms with Crippen LogP contribution in [-0.2, 0) is 9.53 Å². The maximum absolute atomic E-state index is 11.8. The van der Waals surface area contributed by atoms with Crippen LogP contribution in [0.3, 0.4) is 0 Å². The normalized spacial score (nSPS) is 9.78. The molecule has 0 saturated carbocycles. The van der Waals surface area contributed by atoms with Crippen molar-refractivity contribution in [3.63, 3.8) is 0 Å². The lowest BCUT2D eigenvalue weighted by Gasteiger charge is -2.07. The Kier molecular flexibility index (Phi) is 5.35. The molecule has 2 rings (SSSR count). The first kappa shape index (κ1) is 16.1. The third-order valence-corrected chi connectivity index (χ3v) is 2.80. The number of nitrogens with zero attached hydrogens (tertiary/aromatic N) is 2. The van der Waals surface area contributed by atoms with E-state index in [-0.39, 0.29) is 12.2 Å². The van der Waals surface area contributed by atoms with Crippen LogP contribution in [0.15, 0.2) is 42.9 Å². The number of rotatable bonds is 5. The molecule has 2 amide bonds. The number of carbonyl (C=O) groups excluding carboxylic acids is 3. The molecular weight excluding hydrogens is 300 g/mol. The predicted octanol–water partition coefficient (Wildman–Crippen LogP) is 0.632. The minimum absolute atomic E-state index is 0.128. The highest BCUT2D eigenvalue weighted by Crippen LogP contribution is 2.10. The van der Waals surface area contributed by atoms with Crippen LogP contribution < -0.4 is 10.6 Å². The number of nitrogens with one attached hydrogen (secondary N) is 2. The van der Waals surface area contributed by atoms with Gasteiger partial charge in [0.25, 0.3) is 5.91 Å². The molecule has 0 unspecified atom stereocenters. The Morgan fingerprint density at radius 3 is 2.48 bits per heavy atom. The largest absolute Gasteiger partial charge is 0.465 e. The summed E-state index contributed by atoms with van der Waals surface area (Å²) in [6.07, 6.45) is 4.14. The van der Waals surface area contributed by atoms with Gasteiger partial charge >= 0.3 is 5.97 Å². The van der Waals surface area contributed by atoms with Crippen molar-refractivity contribution in [2.75, 3.05) is 19.0 Å². The van der Waals surface area contributed by atoms with Crippen LogP contribution in [0, 0.1) is 0 Å². The van der Waals surface area contributed by atoms with Crippen LogP contribution in [0.2, 0.25) is 0 Å². The Morgan fingerprint density at radius 1 is 1.13 bits per heavy atom. The van der Waals surface area contributed by atoms with Gasteiger partial charge in [-0.2, -0.15) is 0 Å². The van der Waals surface area contributed by atoms with Crippen molar-refractivity contribution in [1.29, 1.82) is 0 Å². The zero-order valence-electron chi connectivity index (χ0n) is 12.3. The number of aromatic nitrogens is 2. The molecule has 0 aliphatic heterocycles. The Balaban J connectivity index is 1.85. The minimum Gasteiger partial charge on any atom is -0.465 e. The minimum atomic E-state index is -0.491. The molecule has 2 aromatic rings. The topological polar surface area (TPSA) is 110 Å². The van der Waals surface area contributed by atoms with E-state index in [9.17, 15) is 14.4 Å². The molecule has 1 aromatic carbocycles. The van der Waals surface area contributed by atoms with Crippen LogP contribution in [0.5, 0.6) is 0 Å². The van der Waals surface area contributed by atoms with Crippen LogP contribution in [0.25, 0.3) is 0 Å². The second-order valence-corrected chi connectivity index (χ2v) is 4.39. The zero-order valence-corrected chi connectivity index (χ0v) is 12.3. The number of methoxy groups -OCH3 is 1. The molecule has 2 N–H and O–H groups in total. The molecule has 1 heterocycles. The second-order valence-electron chi connectivity index (χ2n) is 4.39. The fourth-order valence-electron chi connectivity index (χ4n) is 1.68. The van der Waals surface area contributed by atoms with Gasteiger partial charge in [-0.1, -0.05) is 0 Å². The third-order valence-electron chi connectivity index (χ3n) is 2.80. The maximum Gasteiger partial charge on any atom is 0.337 e. The summed E-state index contributed by atoms with van der Waals surface area (Å²) in [5.41, 5.74) is 1.00. The SMILES string of the molecule is COC(=O)c1ccc(NC(=O)CNC(=O)c2cnccn2)cc1. The molecule has 118 valence electrons. The Hall–Kier alpha value is -3.29. The fourth-order valence-corrected chi connectivity index (χ4v) is 1.68. The molecule has 0 aliphatic carbocycles. The van der Waals surface area contributed by atoms with Gasteiger partial charge in [0.05, 0.1) is 25.4 Å². The highest BCUT2D eigenvalue weighted by Gasteiger charge is 2.10. The summed E-state index contributed by atoms with van der Waals surface area (Å²) in [4.78, 5) is 42.4. The van der Waals surface area contributed by atoms with E-state index in [0.717, 1.165) is 0 Å². The van der Waals surface area contributed by atoms with Crippen molar-refractivity contribution in [1.82, 2.24) is 15.3 Å². The average Bonchev–Trinajstić information content (AvgIpc) is 2.60. The van der Waals surface area contributed by atoms with E-state index < -0.39 is 17.8 Å². The maximum atomic E-state index is 11.8. The molecule has 0 fully saturated rings. The van der Waals surface area contributed by atoms with Crippen LogP contribution in [0.1, 0.15) is 20.8 Å². The molecule has 0 aliphatic rings. The van der Waals surface area contributed by atoms with Crippen molar-refractivity contribution < 1.29 is 19.1 Å². The number of ether oxygens (including phenoxy) is 1. The molecule has 1 aromatic heterocycles. The lowest BCUT2D eigenvalue weighted by atomic mass is 10.2. The van der Waals surface area contributed by atoms with E-state index in [1.54, 1.807) is 12.1 Å². The van der Waals surface area contributed by atoms with Gasteiger partial charge in [-0.25, -0.2) is 9.78 Å². The Bertz CT molecular complexity index is 701. The van der Waals surface area contributed by atoms with Crippen LogP contribution >= 0.6 is 0 Å². The van der Waals surface area contributed by atoms with Crippen molar-refractivity contribution in [2.24, 2.45) is 0 Å². The summed E-state index contributed by atoms with van der Waals surface area (Å²) < 4.78 is 4.58. The fraction of sp³-hybridized carbons (Fsp3) is 0.133. The number of carbonyl (C=O) groups is 3. The number of hydrogen-bond acceptors (Lipinski definition) is 6. The number of esters is 1. The number of benzene rings is 1. The second kappa shape index (κ2) is 7.64. The first-order chi connectivity index (χ1) is 11.1. The summed E-state index contributed by atoms with van der Waals surface area (Å²) >= 11 is 0. The number of hydrogen-bond donors (Lipinski definition) is 2. The molecular formula is C15H14N4O4. The van der Waals surface area contributed by atoms with Gasteiger partial charge in [0, 0.05) is 18.1 Å². The number of amides is 2. The predicted molar refractivity (Wildman–Crippen MR) is 80.8 cm³/mol. The smallest absolute Gasteiger partial charge is 0.337 e. The summed E-state index contributed by atoms with van der Waals surface area (Å²) in [5.74, 6) is -1.36. The molecule has 8 nitrogen and oxygen atoms in total. The first-order valence-corrected chi connectivity index (χ1v) is 6.62. The molecule has 0 saturated heterocycles. The van der Waals surface area contributed by atoms with Crippen LogP contribution in [-0.4, -0.2) is 41.4 Å². The molecule has 0 atom stereocenters. The summed E-state index contributed by atoms with van der Waals surface area (Å²) in [5, 5.41) is 5.02. The van der Waals surface area contributed by atoms with Crippen molar-refractivity contribution >= 4 is 23.5 Å². The summed E-state index contributed by atoms with van der Waals surface area (Å²) in [6.45, 7) is -0.214. The van der Waals surface area contributed by atoms with E-state index in [1.807, 2.05) is 0 Å². The number of anilines is 1. The van der Waals surface area contributed by atoms with Gasteiger partial charge in [0.1, 0.15) is 5.69 Å². The van der Waals surface area contributed by atoms with E-state index in [1.165, 1.54) is 37.8 Å². The van der Waals surface area contributed by atoms with E-state index in [0.29, 0.717) is 11.3 Å². The molecule has 0 radical (unpaired) electrons. The van der Waals surface area contributed by atoms with Crippen molar-refractivity contribution in [3.05, 3.63) is 54.1 Å². The zero-order chi connectivity index (χ0) is 16.7. The molecule has 8 heteroatoms. The third kappa shape index (κ3) is 4.60.